The van der Waals surface area contributed by atoms with Gasteiger partial charge in [0.1, 0.15) is 30.2 Å². The van der Waals surface area contributed by atoms with E-state index < -0.39 is 59.7 Å². The number of rotatable bonds is 11. The van der Waals surface area contributed by atoms with Crippen molar-refractivity contribution < 1.29 is 24.0 Å². The van der Waals surface area contributed by atoms with Crippen LogP contribution in [0.1, 0.15) is 79.2 Å². The minimum absolute atomic E-state index is 0.0512. The van der Waals surface area contributed by atoms with Crippen molar-refractivity contribution in [2.75, 3.05) is 13.6 Å². The Morgan fingerprint density at radius 1 is 0.705 bits per heavy atom. The van der Waals surface area contributed by atoms with Crippen molar-refractivity contribution >= 4 is 29.5 Å². The first-order chi connectivity index (χ1) is 20.7. The molecule has 1 heterocycles. The maximum absolute atomic E-state index is 14.1. The third kappa shape index (κ3) is 11.2. The van der Waals surface area contributed by atoms with Crippen LogP contribution in [0.5, 0.6) is 0 Å². The number of benzene rings is 1. The van der Waals surface area contributed by atoms with Crippen LogP contribution in [0.4, 0.5) is 0 Å². The van der Waals surface area contributed by atoms with Crippen molar-refractivity contribution in [2.45, 2.75) is 110 Å². The highest BCUT2D eigenvalue weighted by molar-refractivity contribution is 5.98. The van der Waals surface area contributed by atoms with E-state index in [0.717, 1.165) is 5.56 Å². The lowest BCUT2D eigenvalue weighted by atomic mass is 9.98. The molecule has 11 nitrogen and oxygen atoms in total. The zero-order valence-electron chi connectivity index (χ0n) is 27.5. The Kier molecular flexibility index (Phi) is 14.8. The molecule has 1 aliphatic heterocycles. The number of hydrogen-bond donors (Lipinski definition) is 5. The number of carbonyl (C=O) groups is 5. The molecule has 2 rings (SSSR count). The van der Waals surface area contributed by atoms with Crippen LogP contribution in [0.15, 0.2) is 30.3 Å². The van der Waals surface area contributed by atoms with Gasteiger partial charge in [-0.1, -0.05) is 71.9 Å². The van der Waals surface area contributed by atoms with Gasteiger partial charge in [0.15, 0.2) is 0 Å². The van der Waals surface area contributed by atoms with Gasteiger partial charge in [-0.25, -0.2) is 0 Å². The topological polar surface area (TPSA) is 163 Å². The maximum atomic E-state index is 14.1. The van der Waals surface area contributed by atoms with Gasteiger partial charge in [0.25, 0.3) is 0 Å². The molecule has 1 fully saturated rings. The summed E-state index contributed by atoms with van der Waals surface area (Å²) in [6.07, 6.45) is 2.45. The van der Waals surface area contributed by atoms with Crippen molar-refractivity contribution in [1.29, 1.82) is 0 Å². The Morgan fingerprint density at radius 2 is 1.27 bits per heavy atom. The number of unbranched alkanes of at least 4 members (excludes halogenated alkanes) is 1. The molecule has 1 saturated heterocycles. The number of hydrogen-bond acceptors (Lipinski definition) is 6. The third-order valence-corrected chi connectivity index (χ3v) is 7.88. The van der Waals surface area contributed by atoms with E-state index in [4.69, 9.17) is 5.73 Å². The molecule has 0 aliphatic carbocycles. The fourth-order valence-electron chi connectivity index (χ4n) is 5.39. The zero-order chi connectivity index (χ0) is 33.0. The first kappa shape index (κ1) is 36.7. The smallest absolute Gasteiger partial charge is 0.245 e. The number of carbonyl (C=O) groups excluding carboxylic acids is 5. The second kappa shape index (κ2) is 17.7. The number of nitrogens with zero attached hydrogens (tertiary/aromatic N) is 1. The van der Waals surface area contributed by atoms with Gasteiger partial charge in [0.05, 0.1) is 0 Å². The molecule has 0 unspecified atom stereocenters. The fraction of sp³-hybridized carbons (Fsp3) is 0.667. The summed E-state index contributed by atoms with van der Waals surface area (Å²) in [5, 5.41) is 11.5. The molecule has 0 bridgehead atoms. The standard InChI is InChI=1S/C33H54N6O5/c1-20(2)17-25-30(41)37-26(19-23-13-9-8-10-14-23)33(44)39(7)27(18-21(3)4)31(42)35-24(15-11-12-16-34)29(40)38-28(22(5)6)32(43)36-25/h8-10,13-14,20-22,24-28H,11-12,15-19,34H2,1-7H3,(H,35,42)(H,36,43)(H,37,41)(H,38,40)/t24-,25-,26-,27-,28-/m0/s1. The summed E-state index contributed by atoms with van der Waals surface area (Å²) in [5.74, 6) is -2.59. The van der Waals surface area contributed by atoms with E-state index in [-0.39, 0.29) is 24.2 Å². The molecule has 1 aliphatic rings. The highest BCUT2D eigenvalue weighted by Crippen LogP contribution is 2.17. The van der Waals surface area contributed by atoms with Crippen LogP contribution >= 0.6 is 0 Å². The van der Waals surface area contributed by atoms with Crippen molar-refractivity contribution in [3.8, 4) is 0 Å². The third-order valence-electron chi connectivity index (χ3n) is 7.88. The first-order valence-electron chi connectivity index (χ1n) is 16.0. The number of nitrogens with one attached hydrogen (secondary N) is 4. The van der Waals surface area contributed by atoms with E-state index in [1.165, 1.54) is 4.90 Å². The molecular weight excluding hydrogens is 560 g/mol. The quantitative estimate of drug-likeness (QED) is 0.239. The summed E-state index contributed by atoms with van der Waals surface area (Å²) in [6.45, 7) is 11.8. The Hall–Kier alpha value is -3.47. The van der Waals surface area contributed by atoms with Gasteiger partial charge in [-0.05, 0) is 62.0 Å². The predicted octanol–water partition coefficient (Wildman–Crippen LogP) is 1.89. The van der Waals surface area contributed by atoms with Crippen molar-refractivity contribution in [3.63, 3.8) is 0 Å². The highest BCUT2D eigenvalue weighted by atomic mass is 16.2. The van der Waals surface area contributed by atoms with E-state index in [1.54, 1.807) is 20.9 Å². The van der Waals surface area contributed by atoms with Gasteiger partial charge in [-0.3, -0.25) is 24.0 Å². The lowest BCUT2D eigenvalue weighted by Crippen LogP contribution is -2.59. The molecule has 5 amide bonds. The average Bonchev–Trinajstić information content (AvgIpc) is 2.96. The lowest BCUT2D eigenvalue weighted by molar-refractivity contribution is -0.143. The molecule has 0 aromatic heterocycles. The van der Waals surface area contributed by atoms with Gasteiger partial charge in [-0.15, -0.1) is 0 Å². The molecule has 0 spiro atoms. The summed E-state index contributed by atoms with van der Waals surface area (Å²) in [6, 6.07) is 4.63. The monoisotopic (exact) mass is 614 g/mol. The summed E-state index contributed by atoms with van der Waals surface area (Å²) in [7, 11) is 1.56. The van der Waals surface area contributed by atoms with E-state index >= 15 is 0 Å². The fourth-order valence-corrected chi connectivity index (χ4v) is 5.39. The Labute approximate surface area is 262 Å². The number of likely N-dealkylation sites (N-methyl/N-ethyl adjacent to an activating group) is 1. The highest BCUT2D eigenvalue weighted by Gasteiger charge is 2.37. The molecule has 0 radical (unpaired) electrons. The zero-order valence-corrected chi connectivity index (χ0v) is 27.5. The summed E-state index contributed by atoms with van der Waals surface area (Å²) in [4.78, 5) is 70.3. The van der Waals surface area contributed by atoms with E-state index in [0.29, 0.717) is 38.6 Å². The van der Waals surface area contributed by atoms with Crippen LogP contribution in [0.2, 0.25) is 0 Å². The minimum Gasteiger partial charge on any atom is -0.343 e. The van der Waals surface area contributed by atoms with Gasteiger partial charge < -0.3 is 31.9 Å². The van der Waals surface area contributed by atoms with Crippen LogP contribution < -0.4 is 27.0 Å². The summed E-state index contributed by atoms with van der Waals surface area (Å²) >= 11 is 0. The largest absolute Gasteiger partial charge is 0.343 e. The first-order valence-corrected chi connectivity index (χ1v) is 16.0. The van der Waals surface area contributed by atoms with Gasteiger partial charge in [-0.2, -0.15) is 0 Å². The van der Waals surface area contributed by atoms with Crippen LogP contribution in [0, 0.1) is 17.8 Å². The molecular formula is C33H54N6O5. The number of amides is 5. The Morgan fingerprint density at radius 3 is 1.84 bits per heavy atom. The van der Waals surface area contributed by atoms with Crippen molar-refractivity contribution in [3.05, 3.63) is 35.9 Å². The van der Waals surface area contributed by atoms with E-state index in [1.807, 2.05) is 58.0 Å². The van der Waals surface area contributed by atoms with Crippen LogP contribution in [-0.4, -0.2) is 78.2 Å². The van der Waals surface area contributed by atoms with Gasteiger partial charge in [0.2, 0.25) is 29.5 Å². The maximum Gasteiger partial charge on any atom is 0.245 e. The van der Waals surface area contributed by atoms with Crippen molar-refractivity contribution in [2.24, 2.45) is 23.5 Å². The molecule has 6 N–H and O–H groups in total. The average molecular weight is 615 g/mol. The predicted molar refractivity (Wildman–Crippen MR) is 171 cm³/mol. The molecule has 1 aromatic rings. The van der Waals surface area contributed by atoms with E-state index in [2.05, 4.69) is 21.3 Å². The number of nitrogens with two attached hydrogens (primary N) is 1. The second-order valence-corrected chi connectivity index (χ2v) is 13.1. The van der Waals surface area contributed by atoms with Crippen LogP contribution in [-0.2, 0) is 30.4 Å². The molecule has 44 heavy (non-hydrogen) atoms. The van der Waals surface area contributed by atoms with Crippen molar-refractivity contribution in [1.82, 2.24) is 26.2 Å². The molecule has 5 atom stereocenters. The molecule has 1 aromatic carbocycles. The molecule has 246 valence electrons. The minimum atomic E-state index is -0.991. The van der Waals surface area contributed by atoms with Crippen LogP contribution in [0.25, 0.3) is 0 Å². The summed E-state index contributed by atoms with van der Waals surface area (Å²) in [5.41, 5.74) is 6.53. The Bertz CT molecular complexity index is 1110. The van der Waals surface area contributed by atoms with E-state index in [9.17, 15) is 24.0 Å². The second-order valence-electron chi connectivity index (χ2n) is 13.1. The van der Waals surface area contributed by atoms with Gasteiger partial charge >= 0.3 is 0 Å². The normalized spacial score (nSPS) is 24.5. The Balaban J connectivity index is 2.64. The molecule has 11 heteroatoms. The lowest BCUT2D eigenvalue weighted by Gasteiger charge is -2.33. The summed E-state index contributed by atoms with van der Waals surface area (Å²) < 4.78 is 0. The van der Waals surface area contributed by atoms with Crippen LogP contribution in [0.3, 0.4) is 0 Å². The molecule has 0 saturated carbocycles. The van der Waals surface area contributed by atoms with Gasteiger partial charge in [0, 0.05) is 13.5 Å². The SMILES string of the molecule is CC(C)C[C@@H]1NC(=O)[C@H](C(C)C)NC(=O)[C@H](CCCCN)NC(=O)[C@H](CC(C)C)N(C)C(=O)[C@H](Cc2ccccc2)NC1=O.